The van der Waals surface area contributed by atoms with E-state index in [-0.39, 0.29) is 0 Å². The van der Waals surface area contributed by atoms with Crippen LogP contribution in [0.15, 0.2) is 43.8 Å². The molecular weight excluding hydrogens is 393 g/mol. The molecule has 2 aliphatic rings. The lowest BCUT2D eigenvalue weighted by molar-refractivity contribution is 1.33. The Hall–Kier alpha value is -0.940. The first-order valence-corrected chi connectivity index (χ1v) is 13.0. The molecule has 0 atom stereocenters. The van der Waals surface area contributed by atoms with Crippen LogP contribution >= 0.6 is 43.2 Å². The van der Waals surface area contributed by atoms with Gasteiger partial charge in [0.1, 0.15) is 0 Å². The summed E-state index contributed by atoms with van der Waals surface area (Å²) in [6.07, 6.45) is 0. The first kappa shape index (κ1) is 16.1. The molecule has 26 heavy (non-hydrogen) atoms. The van der Waals surface area contributed by atoms with Crippen molar-refractivity contribution in [3.05, 3.63) is 46.5 Å². The van der Waals surface area contributed by atoms with Crippen LogP contribution < -0.4 is 0 Å². The largest absolute Gasteiger partial charge is 0.0512 e. The van der Waals surface area contributed by atoms with Crippen molar-refractivity contribution >= 4 is 75.5 Å². The van der Waals surface area contributed by atoms with Gasteiger partial charge >= 0.3 is 0 Å². The van der Waals surface area contributed by atoms with Gasteiger partial charge < -0.3 is 0 Å². The lowest BCUT2D eigenvalue weighted by Gasteiger charge is -2.14. The Morgan fingerprint density at radius 3 is 0.885 bits per heavy atom. The van der Waals surface area contributed by atoms with E-state index >= 15 is 0 Å². The Bertz CT molecular complexity index is 1120. The summed E-state index contributed by atoms with van der Waals surface area (Å²) in [4.78, 5) is 5.91. The third-order valence-electron chi connectivity index (χ3n) is 5.82. The van der Waals surface area contributed by atoms with Gasteiger partial charge in [0.2, 0.25) is 0 Å². The highest BCUT2D eigenvalue weighted by Gasteiger charge is 2.31. The molecule has 4 aromatic carbocycles. The third-order valence-corrected chi connectivity index (χ3v) is 10.9. The summed E-state index contributed by atoms with van der Waals surface area (Å²) < 4.78 is 0. The highest BCUT2D eigenvalue weighted by molar-refractivity contribution is 8.78. The fourth-order valence-corrected chi connectivity index (χ4v) is 9.82. The molecule has 0 saturated heterocycles. The van der Waals surface area contributed by atoms with E-state index in [2.05, 4.69) is 52.0 Å². The highest BCUT2D eigenvalue weighted by Crippen LogP contribution is 2.65. The second-order valence-electron chi connectivity index (χ2n) is 7.36. The molecule has 0 spiro atoms. The standard InChI is InChI=1S/C22H16S4/c1-9-5-13-14(6-10(9)2)20-18-17-19(13)23-25-21(17)15-7-11(3)12(4)8-16(15)22(18)26-24-20/h5-8H,1-4H3. The molecule has 0 nitrogen and oxygen atoms in total. The summed E-state index contributed by atoms with van der Waals surface area (Å²) >= 11 is 0. The van der Waals surface area contributed by atoms with Crippen LogP contribution in [0.3, 0.4) is 0 Å². The van der Waals surface area contributed by atoms with Crippen molar-refractivity contribution in [3.8, 4) is 0 Å². The van der Waals surface area contributed by atoms with Gasteiger partial charge in [0.25, 0.3) is 0 Å². The van der Waals surface area contributed by atoms with Gasteiger partial charge in [-0.15, -0.1) is 0 Å². The zero-order valence-corrected chi connectivity index (χ0v) is 18.2. The summed E-state index contributed by atoms with van der Waals surface area (Å²) in [5.74, 6) is 0. The molecule has 0 aromatic heterocycles. The van der Waals surface area contributed by atoms with Crippen molar-refractivity contribution in [3.63, 3.8) is 0 Å². The summed E-state index contributed by atoms with van der Waals surface area (Å²) in [6, 6.07) is 9.64. The van der Waals surface area contributed by atoms with E-state index in [9.17, 15) is 0 Å². The monoisotopic (exact) mass is 408 g/mol. The van der Waals surface area contributed by atoms with Gasteiger partial charge in [-0.3, -0.25) is 0 Å². The zero-order chi connectivity index (χ0) is 17.7. The maximum atomic E-state index is 2.41. The van der Waals surface area contributed by atoms with Gasteiger partial charge in [-0.1, -0.05) is 43.2 Å². The summed E-state index contributed by atoms with van der Waals surface area (Å²) in [6.45, 7) is 8.94. The van der Waals surface area contributed by atoms with Crippen molar-refractivity contribution in [1.29, 1.82) is 0 Å². The smallest absolute Gasteiger partial charge is 0.0356 e. The minimum atomic E-state index is 1.39. The quantitative estimate of drug-likeness (QED) is 0.211. The van der Waals surface area contributed by atoms with Crippen LogP contribution in [-0.4, -0.2) is 0 Å². The lowest BCUT2D eigenvalue weighted by Crippen LogP contribution is -1.90. The minimum absolute atomic E-state index is 1.39. The van der Waals surface area contributed by atoms with E-state index in [1.807, 2.05) is 43.2 Å². The highest BCUT2D eigenvalue weighted by atomic mass is 33.1. The van der Waals surface area contributed by atoms with Crippen molar-refractivity contribution in [2.45, 2.75) is 47.3 Å². The van der Waals surface area contributed by atoms with Gasteiger partial charge in [0, 0.05) is 30.4 Å². The Morgan fingerprint density at radius 2 is 0.654 bits per heavy atom. The van der Waals surface area contributed by atoms with Gasteiger partial charge in [-0.05, 0) is 95.8 Å². The maximum absolute atomic E-state index is 2.41. The maximum Gasteiger partial charge on any atom is 0.0356 e. The number of aryl methyl sites for hydroxylation is 4. The number of hydrogen-bond donors (Lipinski definition) is 0. The fraction of sp³-hybridized carbons (Fsp3) is 0.182. The van der Waals surface area contributed by atoms with Crippen molar-refractivity contribution in [1.82, 2.24) is 0 Å². The Balaban J connectivity index is 1.94. The van der Waals surface area contributed by atoms with E-state index in [1.165, 1.54) is 74.2 Å². The average molecular weight is 409 g/mol. The van der Waals surface area contributed by atoms with Crippen LogP contribution in [0.4, 0.5) is 0 Å². The van der Waals surface area contributed by atoms with Crippen LogP contribution in [-0.2, 0) is 0 Å². The predicted octanol–water partition coefficient (Wildman–Crippen LogP) is 8.61. The van der Waals surface area contributed by atoms with E-state index in [0.29, 0.717) is 0 Å². The predicted molar refractivity (Wildman–Crippen MR) is 121 cm³/mol. The molecule has 128 valence electrons. The Morgan fingerprint density at radius 1 is 0.423 bits per heavy atom. The molecule has 0 bridgehead atoms. The van der Waals surface area contributed by atoms with Gasteiger partial charge in [0.05, 0.1) is 0 Å². The number of rotatable bonds is 0. The van der Waals surface area contributed by atoms with E-state index in [0.717, 1.165) is 0 Å². The topological polar surface area (TPSA) is 0 Å². The van der Waals surface area contributed by atoms with Crippen molar-refractivity contribution in [2.24, 2.45) is 0 Å². The molecule has 2 heterocycles. The molecule has 0 fully saturated rings. The third kappa shape index (κ3) is 1.89. The van der Waals surface area contributed by atoms with Gasteiger partial charge in [0.15, 0.2) is 0 Å². The van der Waals surface area contributed by atoms with Crippen molar-refractivity contribution < 1.29 is 0 Å². The summed E-state index contributed by atoms with van der Waals surface area (Å²) in [5, 5.41) is 8.78. The molecule has 0 unspecified atom stereocenters. The van der Waals surface area contributed by atoms with Crippen molar-refractivity contribution in [2.75, 3.05) is 0 Å². The first-order chi connectivity index (χ1) is 12.5. The lowest BCUT2D eigenvalue weighted by atomic mass is 9.94. The van der Waals surface area contributed by atoms with Crippen LogP contribution in [0.5, 0.6) is 0 Å². The Labute approximate surface area is 168 Å². The second-order valence-corrected chi connectivity index (χ2v) is 11.7. The summed E-state index contributed by atoms with van der Waals surface area (Å²) in [7, 11) is 7.83. The zero-order valence-electron chi connectivity index (χ0n) is 14.9. The molecule has 4 aromatic rings. The van der Waals surface area contributed by atoms with E-state index < -0.39 is 0 Å². The molecule has 2 aliphatic heterocycles. The molecule has 6 rings (SSSR count). The molecular formula is C22H16S4. The number of benzene rings is 4. The number of hydrogen-bond acceptors (Lipinski definition) is 4. The molecule has 0 aliphatic carbocycles. The fourth-order valence-electron chi connectivity index (χ4n) is 4.10. The first-order valence-electron chi connectivity index (χ1n) is 8.71. The summed E-state index contributed by atoms with van der Waals surface area (Å²) in [5.41, 5.74) is 5.56. The van der Waals surface area contributed by atoms with Gasteiger partial charge in [-0.2, -0.15) is 0 Å². The SMILES string of the molecule is Cc1cc2c3c4c(c5cc(C)c(C)cc5c5c4c(c2cc1C)SS5)SS3. The normalized spacial score (nSPS) is 15.1. The average Bonchev–Trinajstić information content (AvgIpc) is 3.22. The molecule has 4 heteroatoms. The van der Waals surface area contributed by atoms with Crippen LogP contribution in [0.2, 0.25) is 0 Å². The Kier molecular flexibility index (Phi) is 3.28. The van der Waals surface area contributed by atoms with E-state index in [1.54, 1.807) is 0 Å². The molecule has 0 N–H and O–H groups in total. The second kappa shape index (κ2) is 5.32. The molecule has 0 radical (unpaired) electrons. The minimum Gasteiger partial charge on any atom is -0.0512 e. The van der Waals surface area contributed by atoms with Crippen LogP contribution in [0, 0.1) is 27.7 Å². The number of fused-ring (bicyclic) bond motifs is 6. The van der Waals surface area contributed by atoms with Crippen LogP contribution in [0.25, 0.3) is 32.3 Å². The van der Waals surface area contributed by atoms with E-state index in [4.69, 9.17) is 0 Å². The molecule has 0 amide bonds. The van der Waals surface area contributed by atoms with Crippen LogP contribution in [0.1, 0.15) is 22.3 Å². The van der Waals surface area contributed by atoms with Gasteiger partial charge in [-0.25, -0.2) is 0 Å². The molecule has 0 saturated carbocycles.